The molecule has 0 aliphatic carbocycles. The number of anilines is 1. The van der Waals surface area contributed by atoms with Crippen molar-refractivity contribution >= 4 is 17.6 Å². The van der Waals surface area contributed by atoms with Crippen molar-refractivity contribution < 1.29 is 19.1 Å². The Hall–Kier alpha value is -2.31. The van der Waals surface area contributed by atoms with Crippen LogP contribution < -0.4 is 11.1 Å². The first kappa shape index (κ1) is 14.7. The van der Waals surface area contributed by atoms with Gasteiger partial charge in [-0.3, -0.25) is 5.32 Å². The number of hydrogen-bond acceptors (Lipinski definition) is 4. The molecule has 0 atom stereocenters. The molecule has 0 fully saturated rings. The molecule has 0 radical (unpaired) electrons. The predicted octanol–water partition coefficient (Wildman–Crippen LogP) is 2.27. The number of oxime groups is 1. The van der Waals surface area contributed by atoms with Crippen LogP contribution in [0.25, 0.3) is 0 Å². The summed E-state index contributed by atoms with van der Waals surface area (Å²) < 4.78 is 18.7. The lowest BCUT2D eigenvalue weighted by atomic mass is 10.1. The number of nitrogens with one attached hydrogen (secondary N) is 1. The van der Waals surface area contributed by atoms with Crippen molar-refractivity contribution in [1.82, 2.24) is 0 Å². The van der Waals surface area contributed by atoms with E-state index in [9.17, 15) is 9.18 Å². The number of amides is 1. The fraction of sp³-hybridized carbons (Fsp3) is 0.333. The largest absolute Gasteiger partial charge is 0.444 e. The minimum Gasteiger partial charge on any atom is -0.444 e. The van der Waals surface area contributed by atoms with Crippen LogP contribution in [0.1, 0.15) is 26.3 Å². The van der Waals surface area contributed by atoms with Crippen LogP contribution in [0.2, 0.25) is 0 Å². The second-order valence-electron chi connectivity index (χ2n) is 4.77. The third-order valence-electron chi connectivity index (χ3n) is 2.02. The smallest absolute Gasteiger partial charge is 0.412 e. The van der Waals surface area contributed by atoms with E-state index < -0.39 is 17.5 Å². The highest BCUT2D eigenvalue weighted by molar-refractivity contribution is 6.04. The molecule has 1 aromatic carbocycles. The lowest BCUT2D eigenvalue weighted by molar-refractivity contribution is 0.0635. The molecule has 7 heteroatoms. The van der Waals surface area contributed by atoms with E-state index in [-0.39, 0.29) is 17.1 Å². The molecule has 104 valence electrons. The maximum Gasteiger partial charge on any atom is 0.412 e. The van der Waals surface area contributed by atoms with E-state index in [1.165, 1.54) is 12.1 Å². The maximum absolute atomic E-state index is 13.7. The number of carbonyl (C=O) groups excluding carboxylic acids is 1. The zero-order valence-electron chi connectivity index (χ0n) is 10.9. The SMILES string of the molecule is CC(C)(C)OC(=O)Nc1c(F)cccc1/C(N)=N/O. The minimum absolute atomic E-state index is 0.0633. The molecule has 0 aliphatic rings. The molecule has 0 saturated carbocycles. The van der Waals surface area contributed by atoms with E-state index >= 15 is 0 Å². The summed E-state index contributed by atoms with van der Waals surface area (Å²) in [4.78, 5) is 11.6. The van der Waals surface area contributed by atoms with Gasteiger partial charge in [-0.2, -0.15) is 0 Å². The normalized spacial score (nSPS) is 12.1. The van der Waals surface area contributed by atoms with Crippen LogP contribution in [0.4, 0.5) is 14.9 Å². The number of benzene rings is 1. The zero-order chi connectivity index (χ0) is 14.6. The number of nitrogens with zero attached hydrogens (tertiary/aromatic N) is 1. The van der Waals surface area contributed by atoms with E-state index in [1.807, 2.05) is 0 Å². The molecule has 1 aromatic rings. The zero-order valence-corrected chi connectivity index (χ0v) is 10.9. The molecule has 0 unspecified atom stereocenters. The van der Waals surface area contributed by atoms with Crippen LogP contribution in [0, 0.1) is 5.82 Å². The number of halogens is 1. The maximum atomic E-state index is 13.7. The lowest BCUT2D eigenvalue weighted by Gasteiger charge is -2.20. The summed E-state index contributed by atoms with van der Waals surface area (Å²) in [5.41, 5.74) is 4.55. The molecule has 1 rings (SSSR count). The molecular weight excluding hydrogens is 253 g/mol. The molecule has 19 heavy (non-hydrogen) atoms. The summed E-state index contributed by atoms with van der Waals surface area (Å²) in [6.07, 6.45) is -0.829. The van der Waals surface area contributed by atoms with E-state index in [4.69, 9.17) is 15.7 Å². The van der Waals surface area contributed by atoms with Gasteiger partial charge in [0.2, 0.25) is 0 Å². The van der Waals surface area contributed by atoms with E-state index in [0.717, 1.165) is 6.07 Å². The van der Waals surface area contributed by atoms with E-state index in [2.05, 4.69) is 10.5 Å². The minimum atomic E-state index is -0.829. The Bertz CT molecular complexity index is 509. The molecule has 4 N–H and O–H groups in total. The molecule has 0 aromatic heterocycles. The average Bonchev–Trinajstić information content (AvgIpc) is 2.28. The summed E-state index contributed by atoms with van der Waals surface area (Å²) >= 11 is 0. The highest BCUT2D eigenvalue weighted by Crippen LogP contribution is 2.20. The van der Waals surface area contributed by atoms with Crippen molar-refractivity contribution in [3.05, 3.63) is 29.6 Å². The molecule has 0 spiro atoms. The lowest BCUT2D eigenvalue weighted by Crippen LogP contribution is -2.28. The van der Waals surface area contributed by atoms with Crippen molar-refractivity contribution in [2.24, 2.45) is 10.9 Å². The first-order chi connectivity index (χ1) is 8.74. The summed E-state index contributed by atoms with van der Waals surface area (Å²) in [7, 11) is 0. The summed E-state index contributed by atoms with van der Waals surface area (Å²) in [6, 6.07) is 3.93. The highest BCUT2D eigenvalue weighted by atomic mass is 19.1. The van der Waals surface area contributed by atoms with Gasteiger partial charge in [0.15, 0.2) is 5.84 Å². The number of ether oxygens (including phenoxy) is 1. The molecule has 0 saturated heterocycles. The van der Waals surface area contributed by atoms with Gasteiger partial charge in [0.25, 0.3) is 0 Å². The third kappa shape index (κ3) is 4.13. The Morgan fingerprint density at radius 1 is 1.47 bits per heavy atom. The molecular formula is C12H16FN3O3. The average molecular weight is 269 g/mol. The number of amidine groups is 1. The monoisotopic (exact) mass is 269 g/mol. The van der Waals surface area contributed by atoms with Gasteiger partial charge < -0.3 is 15.7 Å². The van der Waals surface area contributed by atoms with Gasteiger partial charge in [0.05, 0.1) is 5.69 Å². The molecule has 0 heterocycles. The highest BCUT2D eigenvalue weighted by Gasteiger charge is 2.20. The van der Waals surface area contributed by atoms with Crippen LogP contribution in [0.15, 0.2) is 23.4 Å². The van der Waals surface area contributed by atoms with Gasteiger partial charge in [0.1, 0.15) is 11.4 Å². The summed E-state index contributed by atoms with van der Waals surface area (Å²) in [6.45, 7) is 5.04. The topological polar surface area (TPSA) is 96.9 Å². The first-order valence-corrected chi connectivity index (χ1v) is 5.51. The predicted molar refractivity (Wildman–Crippen MR) is 68.8 cm³/mol. The van der Waals surface area contributed by atoms with Gasteiger partial charge in [-0.05, 0) is 32.9 Å². The molecule has 0 bridgehead atoms. The molecule has 6 nitrogen and oxygen atoms in total. The van der Waals surface area contributed by atoms with Gasteiger partial charge in [-0.1, -0.05) is 11.2 Å². The molecule has 1 amide bonds. The fourth-order valence-corrected chi connectivity index (χ4v) is 1.32. The number of carbonyl (C=O) groups is 1. The van der Waals surface area contributed by atoms with Crippen molar-refractivity contribution in [2.75, 3.05) is 5.32 Å². The first-order valence-electron chi connectivity index (χ1n) is 5.51. The van der Waals surface area contributed by atoms with Crippen LogP contribution >= 0.6 is 0 Å². The van der Waals surface area contributed by atoms with Crippen LogP contribution in [-0.4, -0.2) is 22.7 Å². The summed E-state index contributed by atoms with van der Waals surface area (Å²) in [5.74, 6) is -1.03. The fourth-order valence-electron chi connectivity index (χ4n) is 1.32. The summed E-state index contributed by atoms with van der Waals surface area (Å²) in [5, 5.41) is 13.6. The number of para-hydroxylation sites is 1. The Balaban J connectivity index is 3.04. The van der Waals surface area contributed by atoms with Gasteiger partial charge in [-0.15, -0.1) is 0 Å². The quantitative estimate of drug-likeness (QED) is 0.332. The van der Waals surface area contributed by atoms with Crippen molar-refractivity contribution in [1.29, 1.82) is 0 Å². The number of rotatable bonds is 2. The number of hydrogen-bond donors (Lipinski definition) is 3. The number of nitrogens with two attached hydrogens (primary N) is 1. The van der Waals surface area contributed by atoms with Gasteiger partial charge in [0, 0.05) is 5.56 Å². The van der Waals surface area contributed by atoms with Gasteiger partial charge in [-0.25, -0.2) is 9.18 Å². The Morgan fingerprint density at radius 3 is 2.63 bits per heavy atom. The van der Waals surface area contributed by atoms with Crippen molar-refractivity contribution in [3.8, 4) is 0 Å². The van der Waals surface area contributed by atoms with E-state index in [1.54, 1.807) is 20.8 Å². The molecule has 0 aliphatic heterocycles. The Labute approximate surface area is 110 Å². The Kier molecular flexibility index (Phi) is 4.31. The standard InChI is InChI=1S/C12H16FN3O3/c1-12(2,3)19-11(17)15-9-7(10(14)16-18)5-4-6-8(9)13/h4-6,18H,1-3H3,(H2,14,16)(H,15,17). The van der Waals surface area contributed by atoms with E-state index in [0.29, 0.717) is 0 Å². The second kappa shape index (κ2) is 5.55. The van der Waals surface area contributed by atoms with Gasteiger partial charge >= 0.3 is 6.09 Å². The van der Waals surface area contributed by atoms with Crippen LogP contribution in [0.5, 0.6) is 0 Å². The van der Waals surface area contributed by atoms with Crippen LogP contribution in [-0.2, 0) is 4.74 Å². The second-order valence-corrected chi connectivity index (χ2v) is 4.77. The Morgan fingerprint density at radius 2 is 2.11 bits per heavy atom. The van der Waals surface area contributed by atoms with Crippen molar-refractivity contribution in [3.63, 3.8) is 0 Å². The third-order valence-corrected chi connectivity index (χ3v) is 2.02. The van der Waals surface area contributed by atoms with Crippen molar-refractivity contribution in [2.45, 2.75) is 26.4 Å². The van der Waals surface area contributed by atoms with Crippen LogP contribution in [0.3, 0.4) is 0 Å².